The van der Waals surface area contributed by atoms with Gasteiger partial charge in [-0.25, -0.2) is 4.39 Å². The van der Waals surface area contributed by atoms with Crippen molar-refractivity contribution in [1.82, 2.24) is 15.2 Å². The van der Waals surface area contributed by atoms with E-state index in [9.17, 15) is 9.18 Å². The molecule has 2 aromatic carbocycles. The van der Waals surface area contributed by atoms with Gasteiger partial charge in [0.25, 0.3) is 5.91 Å². The van der Waals surface area contributed by atoms with Crippen LogP contribution in [0.2, 0.25) is 0 Å². The minimum absolute atomic E-state index is 0.243. The van der Waals surface area contributed by atoms with Crippen LogP contribution in [-0.4, -0.2) is 21.1 Å². The molecule has 4 aromatic rings. The van der Waals surface area contributed by atoms with Crippen molar-refractivity contribution in [1.29, 1.82) is 0 Å². The van der Waals surface area contributed by atoms with Gasteiger partial charge in [0.05, 0.1) is 11.4 Å². The summed E-state index contributed by atoms with van der Waals surface area (Å²) in [7, 11) is 0. The third kappa shape index (κ3) is 2.65. The van der Waals surface area contributed by atoms with Crippen LogP contribution in [0.25, 0.3) is 22.3 Å². The number of nitrogens with one attached hydrogen (secondary N) is 3. The minimum atomic E-state index is -0.340. The largest absolute Gasteiger partial charge is 0.353 e. The average Bonchev–Trinajstić information content (AvgIpc) is 3.25. The highest BCUT2D eigenvalue weighted by molar-refractivity contribution is 6.06. The number of fused-ring (bicyclic) bond motifs is 1. The monoisotopic (exact) mass is 320 g/mol. The number of hydrogen-bond acceptors (Lipinski definition) is 2. The van der Waals surface area contributed by atoms with Crippen molar-refractivity contribution in [3.8, 4) is 11.4 Å². The molecule has 0 fully saturated rings. The van der Waals surface area contributed by atoms with Gasteiger partial charge < -0.3 is 10.3 Å². The molecule has 24 heavy (non-hydrogen) atoms. The van der Waals surface area contributed by atoms with Gasteiger partial charge in [0, 0.05) is 28.4 Å². The molecule has 2 heterocycles. The topological polar surface area (TPSA) is 73.6 Å². The normalized spacial score (nSPS) is 10.9. The summed E-state index contributed by atoms with van der Waals surface area (Å²) in [5.74, 6) is -0.583. The Morgan fingerprint density at radius 3 is 2.58 bits per heavy atom. The summed E-state index contributed by atoms with van der Waals surface area (Å²) in [5, 5.41) is 10.5. The molecule has 4 rings (SSSR count). The first-order valence-electron chi connectivity index (χ1n) is 7.38. The molecular weight excluding hydrogens is 307 g/mol. The van der Waals surface area contributed by atoms with E-state index in [0.717, 1.165) is 22.3 Å². The van der Waals surface area contributed by atoms with Crippen molar-refractivity contribution in [3.63, 3.8) is 0 Å². The molecule has 0 bridgehead atoms. The van der Waals surface area contributed by atoms with E-state index in [1.165, 1.54) is 24.3 Å². The molecule has 118 valence electrons. The molecule has 0 radical (unpaired) electrons. The summed E-state index contributed by atoms with van der Waals surface area (Å²) in [6.07, 6.45) is 1.68. The van der Waals surface area contributed by atoms with E-state index < -0.39 is 0 Å². The van der Waals surface area contributed by atoms with Crippen molar-refractivity contribution >= 4 is 22.5 Å². The predicted octanol–water partition coefficient (Wildman–Crippen LogP) is 3.95. The number of hydrogen-bond donors (Lipinski definition) is 3. The van der Waals surface area contributed by atoms with Crippen LogP contribution in [0.3, 0.4) is 0 Å². The highest BCUT2D eigenvalue weighted by atomic mass is 19.1. The Balaban J connectivity index is 1.62. The lowest BCUT2D eigenvalue weighted by Gasteiger charge is -2.05. The van der Waals surface area contributed by atoms with E-state index in [2.05, 4.69) is 20.5 Å². The Kier molecular flexibility index (Phi) is 3.35. The summed E-state index contributed by atoms with van der Waals surface area (Å²) in [6.45, 7) is 0. The summed E-state index contributed by atoms with van der Waals surface area (Å²) < 4.78 is 12.9. The van der Waals surface area contributed by atoms with Crippen LogP contribution < -0.4 is 5.32 Å². The summed E-state index contributed by atoms with van der Waals surface area (Å²) in [6, 6.07) is 14.9. The molecule has 6 heteroatoms. The molecule has 0 spiro atoms. The fourth-order valence-corrected chi connectivity index (χ4v) is 2.56. The average molecular weight is 320 g/mol. The van der Waals surface area contributed by atoms with Crippen molar-refractivity contribution in [3.05, 3.63) is 72.2 Å². The molecule has 0 atom stereocenters. The second-order valence-corrected chi connectivity index (χ2v) is 5.42. The number of H-pyrrole nitrogens is 2. The van der Waals surface area contributed by atoms with Crippen molar-refractivity contribution in [2.75, 3.05) is 5.32 Å². The molecule has 0 saturated carbocycles. The zero-order chi connectivity index (χ0) is 16.5. The van der Waals surface area contributed by atoms with Crippen LogP contribution in [-0.2, 0) is 0 Å². The standard InChI is InChI=1S/C18H13FN4O/c19-13-2-4-14(5-3-13)21-18(24)11-1-6-15-12(9-11)10-17(22-15)16-7-8-20-23-16/h1-10,22H,(H,20,23)(H,21,24). The van der Waals surface area contributed by atoms with Gasteiger partial charge in [0.15, 0.2) is 0 Å². The summed E-state index contributed by atoms with van der Waals surface area (Å²) in [5.41, 5.74) is 3.79. The Labute approximate surface area is 136 Å². The molecule has 0 aliphatic heterocycles. The van der Waals surface area contributed by atoms with Crippen molar-refractivity contribution in [2.45, 2.75) is 0 Å². The lowest BCUT2D eigenvalue weighted by molar-refractivity contribution is 0.102. The van der Waals surface area contributed by atoms with Crippen LogP contribution in [0.4, 0.5) is 10.1 Å². The number of aromatic amines is 2. The number of nitrogens with zero attached hydrogens (tertiary/aromatic N) is 1. The van der Waals surface area contributed by atoms with E-state index in [1.54, 1.807) is 12.3 Å². The lowest BCUT2D eigenvalue weighted by Crippen LogP contribution is -2.11. The molecular formula is C18H13FN4O. The van der Waals surface area contributed by atoms with Gasteiger partial charge in [-0.05, 0) is 54.6 Å². The van der Waals surface area contributed by atoms with Gasteiger partial charge >= 0.3 is 0 Å². The number of rotatable bonds is 3. The molecule has 2 aromatic heterocycles. The first-order chi connectivity index (χ1) is 11.7. The van der Waals surface area contributed by atoms with Gasteiger partial charge in [-0.15, -0.1) is 0 Å². The van der Waals surface area contributed by atoms with Gasteiger partial charge in [-0.1, -0.05) is 0 Å². The smallest absolute Gasteiger partial charge is 0.255 e. The van der Waals surface area contributed by atoms with E-state index in [0.29, 0.717) is 11.3 Å². The van der Waals surface area contributed by atoms with Crippen molar-refractivity contribution in [2.24, 2.45) is 0 Å². The fraction of sp³-hybridized carbons (Fsp3) is 0. The third-order valence-corrected chi connectivity index (χ3v) is 3.78. The molecule has 0 aliphatic carbocycles. The zero-order valence-electron chi connectivity index (χ0n) is 12.5. The van der Waals surface area contributed by atoms with E-state index >= 15 is 0 Å². The molecule has 5 nitrogen and oxygen atoms in total. The van der Waals surface area contributed by atoms with Crippen LogP contribution in [0, 0.1) is 5.82 Å². The Bertz CT molecular complexity index is 1000. The van der Waals surface area contributed by atoms with Gasteiger partial charge in [-0.2, -0.15) is 5.10 Å². The maximum absolute atomic E-state index is 12.9. The van der Waals surface area contributed by atoms with E-state index in [4.69, 9.17) is 0 Å². The molecule has 0 unspecified atom stereocenters. The van der Waals surface area contributed by atoms with Crippen LogP contribution >= 0.6 is 0 Å². The predicted molar refractivity (Wildman–Crippen MR) is 90.2 cm³/mol. The highest BCUT2D eigenvalue weighted by Crippen LogP contribution is 2.23. The second kappa shape index (κ2) is 5.66. The first kappa shape index (κ1) is 14.2. The quantitative estimate of drug-likeness (QED) is 0.535. The number of carbonyl (C=O) groups is 1. The van der Waals surface area contributed by atoms with E-state index in [-0.39, 0.29) is 11.7 Å². The number of amides is 1. The van der Waals surface area contributed by atoms with E-state index in [1.807, 2.05) is 24.3 Å². The van der Waals surface area contributed by atoms with Crippen LogP contribution in [0.1, 0.15) is 10.4 Å². The number of aromatic nitrogens is 3. The zero-order valence-corrected chi connectivity index (χ0v) is 12.5. The molecule has 3 N–H and O–H groups in total. The van der Waals surface area contributed by atoms with Gasteiger partial charge in [0.1, 0.15) is 5.82 Å². The highest BCUT2D eigenvalue weighted by Gasteiger charge is 2.10. The van der Waals surface area contributed by atoms with Gasteiger partial charge in [0.2, 0.25) is 0 Å². The third-order valence-electron chi connectivity index (χ3n) is 3.78. The lowest BCUT2D eigenvalue weighted by atomic mass is 10.1. The number of halogens is 1. The fourth-order valence-electron chi connectivity index (χ4n) is 2.56. The Morgan fingerprint density at radius 2 is 1.83 bits per heavy atom. The molecule has 0 saturated heterocycles. The SMILES string of the molecule is O=C(Nc1ccc(F)cc1)c1ccc2[nH]c(-c3ccn[nH]3)cc2c1. The molecule has 1 amide bonds. The van der Waals surface area contributed by atoms with Gasteiger partial charge in [-0.3, -0.25) is 9.89 Å². The van der Waals surface area contributed by atoms with Crippen LogP contribution in [0.5, 0.6) is 0 Å². The maximum Gasteiger partial charge on any atom is 0.255 e. The Hall–Kier alpha value is -3.41. The summed E-state index contributed by atoms with van der Waals surface area (Å²) >= 11 is 0. The van der Waals surface area contributed by atoms with Crippen LogP contribution in [0.15, 0.2) is 60.8 Å². The van der Waals surface area contributed by atoms with Crippen molar-refractivity contribution < 1.29 is 9.18 Å². The minimum Gasteiger partial charge on any atom is -0.353 e. The summed E-state index contributed by atoms with van der Waals surface area (Å²) in [4.78, 5) is 15.6. The Morgan fingerprint density at radius 1 is 1.00 bits per heavy atom. The molecule has 0 aliphatic rings. The number of benzene rings is 2. The maximum atomic E-state index is 12.9. The second-order valence-electron chi connectivity index (χ2n) is 5.42. The number of carbonyl (C=O) groups excluding carboxylic acids is 1. The first-order valence-corrected chi connectivity index (χ1v) is 7.38. The number of anilines is 1.